The Labute approximate surface area is 208 Å². The first-order chi connectivity index (χ1) is 16.9. The average Bonchev–Trinajstić information content (AvgIpc) is 2.87. The molecule has 36 heavy (non-hydrogen) atoms. The van der Waals surface area contributed by atoms with Crippen molar-refractivity contribution in [2.75, 3.05) is 0 Å². The zero-order chi connectivity index (χ0) is 26.1. The Morgan fingerprint density at radius 3 is 1.53 bits per heavy atom. The van der Waals surface area contributed by atoms with Gasteiger partial charge in [0.15, 0.2) is 0 Å². The average molecular weight is 525 g/mol. The molecule has 0 spiro atoms. The van der Waals surface area contributed by atoms with Gasteiger partial charge in [-0.1, -0.05) is 72.8 Å². The smallest absolute Gasteiger partial charge is 0.290 e. The van der Waals surface area contributed by atoms with Gasteiger partial charge in [-0.2, -0.15) is 16.8 Å². The Hall–Kier alpha value is -3.70. The van der Waals surface area contributed by atoms with Gasteiger partial charge in [0, 0.05) is 11.1 Å². The van der Waals surface area contributed by atoms with Crippen LogP contribution < -0.4 is 0 Å². The third-order valence-corrected chi connectivity index (χ3v) is 7.82. The van der Waals surface area contributed by atoms with Crippen molar-refractivity contribution in [3.05, 3.63) is 108 Å². The number of carbonyl (C=O) groups excluding carboxylic acids is 2. The predicted molar refractivity (Wildman–Crippen MR) is 132 cm³/mol. The maximum absolute atomic E-state index is 13.4. The van der Waals surface area contributed by atoms with Crippen molar-refractivity contribution in [3.63, 3.8) is 0 Å². The van der Waals surface area contributed by atoms with Crippen molar-refractivity contribution in [1.82, 2.24) is 0 Å². The highest BCUT2D eigenvalue weighted by molar-refractivity contribution is 7.87. The quantitative estimate of drug-likeness (QED) is 0.156. The topological polar surface area (TPSA) is 132 Å². The van der Waals surface area contributed by atoms with Crippen molar-refractivity contribution in [3.8, 4) is 0 Å². The second-order valence-electron chi connectivity index (χ2n) is 8.11. The van der Waals surface area contributed by atoms with Crippen molar-refractivity contribution in [2.45, 2.75) is 22.3 Å². The molecule has 0 heterocycles. The van der Waals surface area contributed by atoms with Crippen LogP contribution in [0.1, 0.15) is 27.6 Å². The van der Waals surface area contributed by atoms with Crippen LogP contribution in [-0.4, -0.2) is 38.6 Å². The molecular formula is C26H20O8S2. The molecule has 10 heteroatoms. The Morgan fingerprint density at radius 1 is 0.667 bits per heavy atom. The third-order valence-electron chi connectivity index (χ3n) is 5.58. The Bertz CT molecular complexity index is 1630. The van der Waals surface area contributed by atoms with Gasteiger partial charge in [-0.3, -0.25) is 14.1 Å². The van der Waals surface area contributed by atoms with Gasteiger partial charge < -0.3 is 0 Å². The lowest BCUT2D eigenvalue weighted by Gasteiger charge is -2.26. The number of ketones is 2. The van der Waals surface area contributed by atoms with E-state index in [2.05, 4.69) is 0 Å². The molecule has 4 rings (SSSR count). The monoisotopic (exact) mass is 524 g/mol. The van der Waals surface area contributed by atoms with Crippen LogP contribution in [0.25, 0.3) is 10.8 Å². The Balaban J connectivity index is 1.78. The van der Waals surface area contributed by atoms with Crippen LogP contribution in [0, 0.1) is 0 Å². The molecule has 0 fully saturated rings. The zero-order valence-electron chi connectivity index (χ0n) is 18.9. The lowest BCUT2D eigenvalue weighted by Crippen LogP contribution is -2.48. The summed E-state index contributed by atoms with van der Waals surface area (Å²) in [6.07, 6.45) is 0. The number of carbonyl (C=O) groups is 2. The van der Waals surface area contributed by atoms with Crippen molar-refractivity contribution in [1.29, 1.82) is 0 Å². The lowest BCUT2D eigenvalue weighted by atomic mass is 9.87. The molecule has 0 aromatic heterocycles. The van der Waals surface area contributed by atoms with E-state index in [1.165, 1.54) is 48.5 Å². The summed E-state index contributed by atoms with van der Waals surface area (Å²) in [5.41, 5.74) is -2.22. The lowest BCUT2D eigenvalue weighted by molar-refractivity contribution is 0.0456. The second kappa shape index (κ2) is 9.40. The van der Waals surface area contributed by atoms with Crippen LogP contribution >= 0.6 is 0 Å². The summed E-state index contributed by atoms with van der Waals surface area (Å²) in [5.74, 6) is -1.67. The SMILES string of the molecule is CC(OS(=O)(=O)c1ccc2cc(S(=O)(=O)O)ccc2c1)(C(=O)c1ccccc1)C(=O)c1ccccc1. The van der Waals surface area contributed by atoms with E-state index in [0.717, 1.165) is 19.1 Å². The summed E-state index contributed by atoms with van der Waals surface area (Å²) < 4.78 is 64.1. The van der Waals surface area contributed by atoms with E-state index in [0.29, 0.717) is 10.8 Å². The summed E-state index contributed by atoms with van der Waals surface area (Å²) in [4.78, 5) is 26.2. The predicted octanol–water partition coefficient (Wildman–Crippen LogP) is 4.32. The Morgan fingerprint density at radius 2 is 1.08 bits per heavy atom. The maximum Gasteiger partial charge on any atom is 0.298 e. The van der Waals surface area contributed by atoms with E-state index in [-0.39, 0.29) is 20.9 Å². The normalized spacial score (nSPS) is 12.4. The summed E-state index contributed by atoms with van der Waals surface area (Å²) in [7, 11) is -9.11. The molecule has 4 aromatic carbocycles. The molecule has 0 aliphatic rings. The van der Waals surface area contributed by atoms with Gasteiger partial charge in [-0.25, -0.2) is 4.18 Å². The highest BCUT2D eigenvalue weighted by Gasteiger charge is 2.47. The van der Waals surface area contributed by atoms with Crippen LogP contribution in [-0.2, 0) is 24.4 Å². The fourth-order valence-electron chi connectivity index (χ4n) is 3.69. The fraction of sp³-hybridized carbons (Fsp3) is 0.0769. The summed E-state index contributed by atoms with van der Waals surface area (Å²) in [6.45, 7) is 1.12. The number of fused-ring (bicyclic) bond motifs is 1. The Kier molecular flexibility index (Phi) is 6.63. The minimum absolute atomic E-state index is 0.0933. The molecule has 4 aromatic rings. The fourth-order valence-corrected chi connectivity index (χ4v) is 5.40. The van der Waals surface area contributed by atoms with Crippen LogP contribution in [0.5, 0.6) is 0 Å². The molecule has 8 nitrogen and oxygen atoms in total. The van der Waals surface area contributed by atoms with E-state index in [4.69, 9.17) is 4.18 Å². The molecule has 0 unspecified atom stereocenters. The van der Waals surface area contributed by atoms with Crippen LogP contribution in [0.15, 0.2) is 107 Å². The number of hydrogen-bond acceptors (Lipinski definition) is 7. The first-order valence-corrected chi connectivity index (χ1v) is 13.4. The maximum atomic E-state index is 13.4. The van der Waals surface area contributed by atoms with E-state index in [1.807, 2.05) is 0 Å². The van der Waals surface area contributed by atoms with Crippen LogP contribution in [0.3, 0.4) is 0 Å². The van der Waals surface area contributed by atoms with E-state index < -0.39 is 37.4 Å². The van der Waals surface area contributed by atoms with Crippen molar-refractivity contribution >= 4 is 42.6 Å². The number of hydrogen-bond donors (Lipinski definition) is 1. The van der Waals surface area contributed by atoms with Gasteiger partial charge in [0.05, 0.1) is 9.79 Å². The number of Topliss-reactive ketones (excluding diaryl/α,β-unsaturated/α-hetero) is 2. The third kappa shape index (κ3) is 4.98. The molecule has 0 aliphatic heterocycles. The van der Waals surface area contributed by atoms with Gasteiger partial charge >= 0.3 is 0 Å². The number of benzene rings is 4. The molecular weight excluding hydrogens is 504 g/mol. The summed E-state index contributed by atoms with van der Waals surface area (Å²) in [5, 5.41) is 0.671. The standard InChI is InChI=1S/C26H20O8S2/c1-26(24(27)18-8-4-2-5-9-18,25(28)19-10-6-3-7-11-19)34-36(32,33)23-15-13-20-16-22(35(29,30)31)14-12-21(20)17-23/h2-17H,1H3,(H,29,30,31). The van der Waals surface area contributed by atoms with Gasteiger partial charge in [0.2, 0.25) is 17.2 Å². The highest BCUT2D eigenvalue weighted by atomic mass is 32.2. The molecule has 0 saturated carbocycles. The zero-order valence-corrected chi connectivity index (χ0v) is 20.5. The summed E-state index contributed by atoms with van der Waals surface area (Å²) in [6, 6.07) is 22.8. The molecule has 1 N–H and O–H groups in total. The molecule has 0 atom stereocenters. The molecule has 0 radical (unpaired) electrons. The van der Waals surface area contributed by atoms with Crippen molar-refractivity contribution < 1.29 is 35.2 Å². The minimum Gasteiger partial charge on any atom is -0.290 e. The molecule has 0 bridgehead atoms. The molecule has 184 valence electrons. The van der Waals surface area contributed by atoms with E-state index in [1.54, 1.807) is 36.4 Å². The first kappa shape index (κ1) is 25.4. The summed E-state index contributed by atoms with van der Waals surface area (Å²) >= 11 is 0. The second-order valence-corrected chi connectivity index (χ2v) is 11.1. The van der Waals surface area contributed by atoms with Gasteiger partial charge in [-0.15, -0.1) is 0 Å². The van der Waals surface area contributed by atoms with E-state index >= 15 is 0 Å². The van der Waals surface area contributed by atoms with Crippen molar-refractivity contribution in [2.24, 2.45) is 0 Å². The van der Waals surface area contributed by atoms with E-state index in [9.17, 15) is 31.0 Å². The first-order valence-electron chi connectivity index (χ1n) is 10.6. The van der Waals surface area contributed by atoms with Crippen LogP contribution in [0.4, 0.5) is 0 Å². The van der Waals surface area contributed by atoms with Gasteiger partial charge in [0.1, 0.15) is 0 Å². The van der Waals surface area contributed by atoms with Gasteiger partial charge in [0.25, 0.3) is 20.2 Å². The molecule has 0 aliphatic carbocycles. The highest BCUT2D eigenvalue weighted by Crippen LogP contribution is 2.30. The minimum atomic E-state index is -4.66. The van der Waals surface area contributed by atoms with Gasteiger partial charge in [-0.05, 0) is 42.0 Å². The molecule has 0 saturated heterocycles. The van der Waals surface area contributed by atoms with Crippen LogP contribution in [0.2, 0.25) is 0 Å². The largest absolute Gasteiger partial charge is 0.298 e. The molecule has 0 amide bonds. The number of rotatable bonds is 8.